The van der Waals surface area contributed by atoms with Gasteiger partial charge in [-0.3, -0.25) is 4.79 Å². The van der Waals surface area contributed by atoms with Gasteiger partial charge in [-0.25, -0.2) is 4.98 Å². The summed E-state index contributed by atoms with van der Waals surface area (Å²) in [5.41, 5.74) is 4.07. The minimum Gasteiger partial charge on any atom is -0.339 e. The van der Waals surface area contributed by atoms with E-state index in [1.54, 1.807) is 6.20 Å². The Kier molecular flexibility index (Phi) is 6.44. The number of anilines is 1. The molecule has 2 aromatic carbocycles. The fourth-order valence-corrected chi connectivity index (χ4v) is 3.40. The summed E-state index contributed by atoms with van der Waals surface area (Å²) in [5, 5.41) is 6.96. The molecule has 0 aliphatic rings. The van der Waals surface area contributed by atoms with Gasteiger partial charge in [-0.15, -0.1) is 0 Å². The Morgan fingerprint density at radius 3 is 2.50 bits per heavy atom. The van der Waals surface area contributed by atoms with Gasteiger partial charge in [0.15, 0.2) is 0 Å². The van der Waals surface area contributed by atoms with Gasteiger partial charge in [0, 0.05) is 43.0 Å². The average Bonchev–Trinajstić information content (AvgIpc) is 3.43. The van der Waals surface area contributed by atoms with E-state index in [4.69, 9.17) is 4.52 Å². The number of imidazole rings is 1. The Bertz CT molecular complexity index is 1170. The largest absolute Gasteiger partial charge is 0.339 e. The first kappa shape index (κ1) is 21.5. The molecule has 4 rings (SSSR count). The van der Waals surface area contributed by atoms with Crippen LogP contribution in [0.4, 0.5) is 5.69 Å². The first-order valence-corrected chi connectivity index (χ1v) is 10.8. The highest BCUT2D eigenvalue weighted by molar-refractivity contribution is 5.90. The van der Waals surface area contributed by atoms with Crippen LogP contribution in [-0.2, 0) is 17.8 Å². The van der Waals surface area contributed by atoms with Gasteiger partial charge in [0.25, 0.3) is 0 Å². The van der Waals surface area contributed by atoms with Crippen molar-refractivity contribution in [2.75, 3.05) is 5.32 Å². The second-order valence-electron chi connectivity index (χ2n) is 8.14. The lowest BCUT2D eigenvalue weighted by Crippen LogP contribution is -2.12. The maximum Gasteiger partial charge on any atom is 0.227 e. The van der Waals surface area contributed by atoms with Crippen molar-refractivity contribution < 1.29 is 9.32 Å². The number of hydrogen-bond donors (Lipinski definition) is 1. The molecule has 0 saturated carbocycles. The fraction of sp³-hybridized carbons (Fsp3) is 0.280. The summed E-state index contributed by atoms with van der Waals surface area (Å²) in [5.74, 6) is 2.34. The average molecular weight is 430 g/mol. The molecule has 1 amide bonds. The second kappa shape index (κ2) is 9.60. The van der Waals surface area contributed by atoms with E-state index in [0.717, 1.165) is 29.2 Å². The Morgan fingerprint density at radius 1 is 1.09 bits per heavy atom. The van der Waals surface area contributed by atoms with E-state index >= 15 is 0 Å². The van der Waals surface area contributed by atoms with Crippen LogP contribution in [0.25, 0.3) is 11.4 Å². The van der Waals surface area contributed by atoms with Crippen LogP contribution in [0.3, 0.4) is 0 Å². The van der Waals surface area contributed by atoms with Crippen LogP contribution in [0.15, 0.2) is 65.4 Å². The maximum atomic E-state index is 12.3. The van der Waals surface area contributed by atoms with E-state index in [0.29, 0.717) is 24.1 Å². The molecule has 0 aliphatic heterocycles. The van der Waals surface area contributed by atoms with E-state index in [9.17, 15) is 4.79 Å². The number of nitrogens with zero attached hydrogens (tertiary/aromatic N) is 4. The van der Waals surface area contributed by atoms with Crippen LogP contribution in [0.5, 0.6) is 0 Å². The molecule has 4 aromatic rings. The molecule has 0 unspecified atom stereocenters. The van der Waals surface area contributed by atoms with Crippen LogP contribution in [0, 0.1) is 6.92 Å². The highest BCUT2D eigenvalue weighted by atomic mass is 16.5. The van der Waals surface area contributed by atoms with Gasteiger partial charge in [-0.1, -0.05) is 55.4 Å². The third kappa shape index (κ3) is 5.29. The minimum atomic E-state index is -0.0933. The summed E-state index contributed by atoms with van der Waals surface area (Å²) in [6.07, 6.45) is 4.40. The van der Waals surface area contributed by atoms with Crippen molar-refractivity contribution >= 4 is 11.6 Å². The third-order valence-electron chi connectivity index (χ3n) is 5.38. The van der Waals surface area contributed by atoms with Gasteiger partial charge in [0.05, 0.1) is 0 Å². The SMILES string of the molecule is Cc1nccn1Cc1ccc(NC(=O)CCc2nc(-c3ccc(C(C)C)cc3)no2)cc1. The van der Waals surface area contributed by atoms with Crippen molar-refractivity contribution in [2.45, 2.75) is 46.1 Å². The molecule has 0 aliphatic carbocycles. The van der Waals surface area contributed by atoms with Crippen molar-refractivity contribution in [3.63, 3.8) is 0 Å². The summed E-state index contributed by atoms with van der Waals surface area (Å²) < 4.78 is 7.40. The Morgan fingerprint density at radius 2 is 1.84 bits per heavy atom. The summed E-state index contributed by atoms with van der Waals surface area (Å²) in [4.78, 5) is 21.0. The zero-order valence-electron chi connectivity index (χ0n) is 18.6. The lowest BCUT2D eigenvalue weighted by molar-refractivity contribution is -0.116. The molecular weight excluding hydrogens is 402 g/mol. The molecule has 0 radical (unpaired) electrons. The predicted octanol–water partition coefficient (Wildman–Crippen LogP) is 4.98. The number of aryl methyl sites for hydroxylation is 2. The molecule has 1 N–H and O–H groups in total. The zero-order chi connectivity index (χ0) is 22.5. The highest BCUT2D eigenvalue weighted by Gasteiger charge is 2.11. The first-order valence-electron chi connectivity index (χ1n) is 10.8. The predicted molar refractivity (Wildman–Crippen MR) is 123 cm³/mol. The molecule has 2 heterocycles. The monoisotopic (exact) mass is 429 g/mol. The molecule has 7 heteroatoms. The second-order valence-corrected chi connectivity index (χ2v) is 8.14. The molecule has 0 atom stereocenters. The molecule has 0 bridgehead atoms. The van der Waals surface area contributed by atoms with Crippen LogP contribution in [0.2, 0.25) is 0 Å². The van der Waals surface area contributed by atoms with Crippen LogP contribution >= 0.6 is 0 Å². The lowest BCUT2D eigenvalue weighted by Gasteiger charge is -2.08. The van der Waals surface area contributed by atoms with E-state index in [1.165, 1.54) is 5.56 Å². The van der Waals surface area contributed by atoms with Crippen molar-refractivity contribution in [3.05, 3.63) is 83.8 Å². The summed E-state index contributed by atoms with van der Waals surface area (Å²) in [6, 6.07) is 16.0. The van der Waals surface area contributed by atoms with E-state index in [-0.39, 0.29) is 12.3 Å². The van der Waals surface area contributed by atoms with Gasteiger partial charge < -0.3 is 14.4 Å². The fourth-order valence-electron chi connectivity index (χ4n) is 3.40. The van der Waals surface area contributed by atoms with Gasteiger partial charge in [0.1, 0.15) is 5.82 Å². The third-order valence-corrected chi connectivity index (χ3v) is 5.38. The van der Waals surface area contributed by atoms with Gasteiger partial charge in [-0.05, 0) is 36.1 Å². The molecule has 0 fully saturated rings. The van der Waals surface area contributed by atoms with Crippen LogP contribution < -0.4 is 5.32 Å². The van der Waals surface area contributed by atoms with E-state index in [2.05, 4.69) is 51.0 Å². The number of amides is 1. The van der Waals surface area contributed by atoms with Gasteiger partial charge in [-0.2, -0.15) is 4.98 Å². The van der Waals surface area contributed by atoms with Crippen molar-refractivity contribution in [1.82, 2.24) is 19.7 Å². The quantitative estimate of drug-likeness (QED) is 0.427. The maximum absolute atomic E-state index is 12.3. The lowest BCUT2D eigenvalue weighted by atomic mass is 10.0. The molecule has 0 saturated heterocycles. The molecule has 0 spiro atoms. The molecule has 32 heavy (non-hydrogen) atoms. The highest BCUT2D eigenvalue weighted by Crippen LogP contribution is 2.21. The Labute approximate surface area is 187 Å². The van der Waals surface area contributed by atoms with Crippen molar-refractivity contribution in [2.24, 2.45) is 0 Å². The normalized spacial score (nSPS) is 11.1. The minimum absolute atomic E-state index is 0.0933. The van der Waals surface area contributed by atoms with Crippen molar-refractivity contribution in [1.29, 1.82) is 0 Å². The summed E-state index contributed by atoms with van der Waals surface area (Å²) in [7, 11) is 0. The Balaban J connectivity index is 1.28. The Hall–Kier alpha value is -3.74. The summed E-state index contributed by atoms with van der Waals surface area (Å²) in [6.45, 7) is 7.04. The number of hydrogen-bond acceptors (Lipinski definition) is 5. The number of nitrogens with one attached hydrogen (secondary N) is 1. The standard InChI is InChI=1S/C25H27N5O2/c1-17(2)20-6-8-21(9-7-20)25-28-24(32-29-25)13-12-23(31)27-22-10-4-19(5-11-22)16-30-15-14-26-18(30)3/h4-11,14-15,17H,12-13,16H2,1-3H3,(H,27,31). The van der Waals surface area contributed by atoms with Gasteiger partial charge in [0.2, 0.25) is 17.6 Å². The van der Waals surface area contributed by atoms with Crippen LogP contribution in [-0.4, -0.2) is 25.6 Å². The number of rotatable bonds is 8. The van der Waals surface area contributed by atoms with Crippen molar-refractivity contribution in [3.8, 4) is 11.4 Å². The molecular formula is C25H27N5O2. The summed E-state index contributed by atoms with van der Waals surface area (Å²) >= 11 is 0. The number of benzene rings is 2. The zero-order valence-corrected chi connectivity index (χ0v) is 18.6. The number of aromatic nitrogens is 4. The number of carbonyl (C=O) groups excluding carboxylic acids is 1. The van der Waals surface area contributed by atoms with E-state index in [1.807, 2.05) is 49.5 Å². The van der Waals surface area contributed by atoms with Crippen LogP contribution in [0.1, 0.15) is 49.0 Å². The number of carbonyl (C=O) groups is 1. The smallest absolute Gasteiger partial charge is 0.227 e. The molecule has 7 nitrogen and oxygen atoms in total. The molecule has 2 aromatic heterocycles. The van der Waals surface area contributed by atoms with Gasteiger partial charge >= 0.3 is 0 Å². The first-order chi connectivity index (χ1) is 15.5. The molecule has 164 valence electrons. The topological polar surface area (TPSA) is 85.8 Å². The van der Waals surface area contributed by atoms with E-state index < -0.39 is 0 Å².